The number of nitrogens with one attached hydrogen (secondary N) is 2. The van der Waals surface area contributed by atoms with E-state index in [1.807, 2.05) is 80.3 Å². The van der Waals surface area contributed by atoms with E-state index in [0.717, 1.165) is 28.3 Å². The number of para-hydroxylation sites is 1. The van der Waals surface area contributed by atoms with Gasteiger partial charge in [0.1, 0.15) is 0 Å². The molecular formula is C21H23N5O. The van der Waals surface area contributed by atoms with Gasteiger partial charge in [0.15, 0.2) is 0 Å². The summed E-state index contributed by atoms with van der Waals surface area (Å²) in [5.74, 6) is 0. The lowest BCUT2D eigenvalue weighted by Crippen LogP contribution is -2.24. The van der Waals surface area contributed by atoms with Crippen molar-refractivity contribution in [1.29, 1.82) is 0 Å². The molecule has 3 rings (SSSR count). The third kappa shape index (κ3) is 4.55. The first-order valence-electron chi connectivity index (χ1n) is 8.65. The minimum atomic E-state index is -0.381. The third-order valence-corrected chi connectivity index (χ3v) is 4.18. The van der Waals surface area contributed by atoms with Crippen LogP contribution in [0.3, 0.4) is 0 Å². The van der Waals surface area contributed by atoms with Gasteiger partial charge < -0.3 is 14.8 Å². The summed E-state index contributed by atoms with van der Waals surface area (Å²) in [6.07, 6.45) is 3.58. The van der Waals surface area contributed by atoms with Crippen molar-refractivity contribution in [3.8, 4) is 5.69 Å². The lowest BCUT2D eigenvalue weighted by molar-refractivity contribution is 0.252. The number of carbonyl (C=O) groups excluding carboxylic acids is 1. The average Bonchev–Trinajstić information content (AvgIpc) is 3.12. The van der Waals surface area contributed by atoms with Crippen molar-refractivity contribution >= 4 is 23.6 Å². The maximum atomic E-state index is 12.0. The monoisotopic (exact) mass is 361 g/mol. The van der Waals surface area contributed by atoms with Gasteiger partial charge in [0.25, 0.3) is 0 Å². The van der Waals surface area contributed by atoms with Gasteiger partial charge in [0.05, 0.1) is 11.9 Å². The molecule has 6 heteroatoms. The predicted molar refractivity (Wildman–Crippen MR) is 111 cm³/mol. The number of benzene rings is 2. The zero-order valence-electron chi connectivity index (χ0n) is 15.7. The number of hydrogen-bond acceptors (Lipinski definition) is 3. The lowest BCUT2D eigenvalue weighted by Gasteiger charge is -2.13. The maximum absolute atomic E-state index is 12.0. The topological polar surface area (TPSA) is 61.7 Å². The molecule has 6 nitrogen and oxygen atoms in total. The number of urea groups is 1. The largest absolute Gasteiger partial charge is 0.378 e. The van der Waals surface area contributed by atoms with Crippen molar-refractivity contribution in [1.82, 2.24) is 9.99 Å². The Bertz CT molecular complexity index is 941. The number of aromatic nitrogens is 1. The molecule has 0 saturated heterocycles. The van der Waals surface area contributed by atoms with E-state index in [1.54, 1.807) is 6.21 Å². The second-order valence-electron chi connectivity index (χ2n) is 6.35. The van der Waals surface area contributed by atoms with Crippen molar-refractivity contribution in [2.75, 3.05) is 24.3 Å². The Morgan fingerprint density at radius 2 is 1.78 bits per heavy atom. The average molecular weight is 361 g/mol. The Kier molecular flexibility index (Phi) is 5.56. The lowest BCUT2D eigenvalue weighted by atomic mass is 10.2. The molecule has 0 bridgehead atoms. The molecule has 0 aliphatic heterocycles. The van der Waals surface area contributed by atoms with Gasteiger partial charge in [-0.1, -0.05) is 18.2 Å². The molecule has 0 unspecified atom stereocenters. The van der Waals surface area contributed by atoms with Crippen LogP contribution in [-0.2, 0) is 0 Å². The zero-order valence-corrected chi connectivity index (χ0v) is 15.7. The summed E-state index contributed by atoms with van der Waals surface area (Å²) >= 11 is 0. The van der Waals surface area contributed by atoms with Crippen LogP contribution in [0.25, 0.3) is 5.69 Å². The molecule has 1 aromatic heterocycles. The second-order valence-corrected chi connectivity index (χ2v) is 6.35. The van der Waals surface area contributed by atoms with Crippen molar-refractivity contribution in [2.45, 2.75) is 6.92 Å². The summed E-state index contributed by atoms with van der Waals surface area (Å²) in [7, 11) is 4.02. The van der Waals surface area contributed by atoms with Crippen LogP contribution in [0.15, 0.2) is 72.0 Å². The number of amides is 2. The van der Waals surface area contributed by atoms with Crippen LogP contribution in [-0.4, -0.2) is 30.9 Å². The van der Waals surface area contributed by atoms with E-state index in [1.165, 1.54) is 0 Å². The molecule has 2 aromatic carbocycles. The number of aryl methyl sites for hydroxylation is 1. The molecule has 138 valence electrons. The van der Waals surface area contributed by atoms with E-state index in [2.05, 4.69) is 32.9 Å². The van der Waals surface area contributed by atoms with Crippen molar-refractivity contribution < 1.29 is 4.79 Å². The summed E-state index contributed by atoms with van der Waals surface area (Å²) in [5.41, 5.74) is 7.27. The fourth-order valence-electron chi connectivity index (χ4n) is 2.67. The molecule has 0 spiro atoms. The van der Waals surface area contributed by atoms with Gasteiger partial charge in [-0.3, -0.25) is 0 Å². The Morgan fingerprint density at radius 1 is 1.04 bits per heavy atom. The van der Waals surface area contributed by atoms with Gasteiger partial charge in [0, 0.05) is 37.4 Å². The van der Waals surface area contributed by atoms with Crippen LogP contribution in [0.4, 0.5) is 16.2 Å². The Balaban J connectivity index is 1.65. The molecule has 0 saturated carbocycles. The molecule has 0 radical (unpaired) electrons. The van der Waals surface area contributed by atoms with E-state index >= 15 is 0 Å². The number of carbonyl (C=O) groups is 1. The van der Waals surface area contributed by atoms with Crippen LogP contribution in [0.5, 0.6) is 0 Å². The highest BCUT2D eigenvalue weighted by Crippen LogP contribution is 2.17. The SMILES string of the molecule is Cc1ccccc1NC(=O)NN=Cc1cccn1-c1ccc(N(C)C)cc1. The third-order valence-electron chi connectivity index (χ3n) is 4.18. The standard InChI is InChI=1S/C21H23N5O/c1-16-7-4-5-9-20(16)23-21(27)24-22-15-19-8-6-14-26(19)18-12-10-17(11-13-18)25(2)3/h4-15H,1-3H3,(H2,23,24,27). The summed E-state index contributed by atoms with van der Waals surface area (Å²) in [5, 5.41) is 6.83. The number of hydrogen-bond donors (Lipinski definition) is 2. The first kappa shape index (κ1) is 18.3. The minimum absolute atomic E-state index is 0.381. The summed E-state index contributed by atoms with van der Waals surface area (Å²) < 4.78 is 2.00. The number of rotatable bonds is 5. The fourth-order valence-corrected chi connectivity index (χ4v) is 2.67. The summed E-state index contributed by atoms with van der Waals surface area (Å²) in [4.78, 5) is 14.1. The zero-order chi connectivity index (χ0) is 19.2. The fraction of sp³-hybridized carbons (Fsp3) is 0.143. The highest BCUT2D eigenvalue weighted by atomic mass is 16.2. The van der Waals surface area contributed by atoms with Crippen LogP contribution in [0.2, 0.25) is 0 Å². The number of anilines is 2. The summed E-state index contributed by atoms with van der Waals surface area (Å²) in [6, 6.07) is 19.3. The van der Waals surface area contributed by atoms with Crippen molar-refractivity contribution in [2.24, 2.45) is 5.10 Å². The number of nitrogens with zero attached hydrogens (tertiary/aromatic N) is 3. The quantitative estimate of drug-likeness (QED) is 0.533. The Labute approximate surface area is 159 Å². The minimum Gasteiger partial charge on any atom is -0.378 e. The van der Waals surface area contributed by atoms with Gasteiger partial charge in [-0.2, -0.15) is 5.10 Å². The molecule has 0 aliphatic rings. The summed E-state index contributed by atoms with van der Waals surface area (Å²) in [6.45, 7) is 1.94. The van der Waals surface area contributed by atoms with E-state index < -0.39 is 0 Å². The number of hydrazone groups is 1. The van der Waals surface area contributed by atoms with E-state index in [-0.39, 0.29) is 6.03 Å². The normalized spacial score (nSPS) is 10.8. The molecule has 0 atom stereocenters. The van der Waals surface area contributed by atoms with Crippen LogP contribution in [0.1, 0.15) is 11.3 Å². The van der Waals surface area contributed by atoms with Gasteiger partial charge in [0.2, 0.25) is 0 Å². The van der Waals surface area contributed by atoms with Crippen LogP contribution >= 0.6 is 0 Å². The van der Waals surface area contributed by atoms with Gasteiger partial charge >= 0.3 is 6.03 Å². The Morgan fingerprint density at radius 3 is 2.48 bits per heavy atom. The highest BCUT2D eigenvalue weighted by molar-refractivity contribution is 5.91. The first-order valence-corrected chi connectivity index (χ1v) is 8.65. The van der Waals surface area contributed by atoms with Gasteiger partial charge in [-0.05, 0) is 55.0 Å². The van der Waals surface area contributed by atoms with E-state index in [4.69, 9.17) is 0 Å². The van der Waals surface area contributed by atoms with Gasteiger partial charge in [-0.25, -0.2) is 10.2 Å². The molecule has 2 amide bonds. The molecule has 3 aromatic rings. The van der Waals surface area contributed by atoms with Gasteiger partial charge in [-0.15, -0.1) is 0 Å². The van der Waals surface area contributed by atoms with Crippen molar-refractivity contribution in [3.63, 3.8) is 0 Å². The second kappa shape index (κ2) is 8.23. The maximum Gasteiger partial charge on any atom is 0.339 e. The predicted octanol–water partition coefficient (Wildman–Crippen LogP) is 4.01. The molecule has 27 heavy (non-hydrogen) atoms. The van der Waals surface area contributed by atoms with Crippen LogP contribution < -0.4 is 15.6 Å². The molecule has 0 fully saturated rings. The van der Waals surface area contributed by atoms with Crippen molar-refractivity contribution in [3.05, 3.63) is 78.1 Å². The molecule has 0 aliphatic carbocycles. The van der Waals surface area contributed by atoms with Crippen LogP contribution in [0, 0.1) is 6.92 Å². The highest BCUT2D eigenvalue weighted by Gasteiger charge is 2.04. The van der Waals surface area contributed by atoms with E-state index in [0.29, 0.717) is 0 Å². The molecule has 2 N–H and O–H groups in total. The Hall–Kier alpha value is -3.54. The first-order chi connectivity index (χ1) is 13.0. The smallest absolute Gasteiger partial charge is 0.339 e. The molecular weight excluding hydrogens is 338 g/mol. The van der Waals surface area contributed by atoms with E-state index in [9.17, 15) is 4.79 Å². The molecule has 1 heterocycles.